The first-order chi connectivity index (χ1) is 16.7. The second kappa shape index (κ2) is 12.3. The number of benzene rings is 3. The molecule has 8 heteroatoms. The van der Waals surface area contributed by atoms with Crippen LogP contribution in [0, 0.1) is 28.7 Å². The third-order valence-corrected chi connectivity index (χ3v) is 6.41. The largest absolute Gasteiger partial charge is 0.490 e. The van der Waals surface area contributed by atoms with E-state index in [0.29, 0.717) is 39.4 Å². The van der Waals surface area contributed by atoms with E-state index >= 15 is 0 Å². The highest BCUT2D eigenvalue weighted by molar-refractivity contribution is 14.1. The Kier molecular flexibility index (Phi) is 9.44. The number of carbonyl (C=O) groups excluding carboxylic acids is 1. The van der Waals surface area contributed by atoms with Gasteiger partial charge in [-0.15, -0.1) is 0 Å². The van der Waals surface area contributed by atoms with Gasteiger partial charge >= 0.3 is 0 Å². The van der Waals surface area contributed by atoms with Gasteiger partial charge in [0.05, 0.1) is 10.2 Å². The van der Waals surface area contributed by atoms with Crippen LogP contribution in [0.5, 0.6) is 11.5 Å². The van der Waals surface area contributed by atoms with Crippen molar-refractivity contribution in [2.45, 2.75) is 27.4 Å². The smallest absolute Gasteiger partial charge is 0.266 e. The van der Waals surface area contributed by atoms with Crippen molar-refractivity contribution in [2.24, 2.45) is 0 Å². The van der Waals surface area contributed by atoms with E-state index in [1.54, 1.807) is 18.2 Å². The number of hydrogen-bond donors (Lipinski definition) is 1. The lowest BCUT2D eigenvalue weighted by Crippen LogP contribution is -2.14. The summed E-state index contributed by atoms with van der Waals surface area (Å²) in [4.78, 5) is 12.8. The zero-order chi connectivity index (χ0) is 25.5. The Morgan fingerprint density at radius 2 is 1.89 bits per heavy atom. The van der Waals surface area contributed by atoms with Gasteiger partial charge in [0.1, 0.15) is 18.2 Å². The predicted octanol–water partition coefficient (Wildman–Crippen LogP) is 7.74. The molecule has 3 rings (SSSR count). The molecule has 0 saturated carbocycles. The second-order valence-electron chi connectivity index (χ2n) is 7.73. The van der Waals surface area contributed by atoms with Crippen molar-refractivity contribution in [3.8, 4) is 17.6 Å². The number of hydrogen-bond acceptors (Lipinski definition) is 4. The molecule has 0 heterocycles. The van der Waals surface area contributed by atoms with E-state index in [4.69, 9.17) is 32.7 Å². The maximum Gasteiger partial charge on any atom is 0.266 e. The maximum absolute atomic E-state index is 12.8. The Morgan fingerprint density at radius 1 is 1.11 bits per heavy atom. The van der Waals surface area contributed by atoms with Gasteiger partial charge < -0.3 is 14.8 Å². The minimum atomic E-state index is -0.481. The molecule has 0 aliphatic rings. The number of aryl methyl sites for hydroxylation is 2. The molecule has 3 aromatic carbocycles. The first kappa shape index (κ1) is 26.9. The van der Waals surface area contributed by atoms with Gasteiger partial charge in [-0.25, -0.2) is 0 Å². The average Bonchev–Trinajstić information content (AvgIpc) is 2.80. The summed E-state index contributed by atoms with van der Waals surface area (Å²) >= 11 is 14.4. The van der Waals surface area contributed by atoms with E-state index in [2.05, 4.69) is 27.9 Å². The molecule has 1 amide bonds. The van der Waals surface area contributed by atoms with E-state index in [1.807, 2.05) is 57.2 Å². The highest BCUT2D eigenvalue weighted by atomic mass is 127. The van der Waals surface area contributed by atoms with Crippen LogP contribution in [0.4, 0.5) is 5.69 Å². The number of carbonyl (C=O) groups is 1. The number of nitrogens with zero attached hydrogens (tertiary/aromatic N) is 1. The standard InChI is InChI=1S/C27H23Cl2IN2O3/c1-4-34-25-12-18(10-20(14-31)27(33)32-24-8-5-16(2)9-17(24)3)11-23(30)26(25)35-15-19-6-7-21(28)13-22(19)29/h5-13H,4,15H2,1-3H3,(H,32,33)/b20-10-. The summed E-state index contributed by atoms with van der Waals surface area (Å²) in [5, 5.41) is 13.5. The van der Waals surface area contributed by atoms with Crippen molar-refractivity contribution in [3.05, 3.63) is 90.0 Å². The van der Waals surface area contributed by atoms with Gasteiger partial charge in [0.15, 0.2) is 11.5 Å². The van der Waals surface area contributed by atoms with Gasteiger partial charge in [0.25, 0.3) is 5.91 Å². The predicted molar refractivity (Wildman–Crippen MR) is 149 cm³/mol. The first-order valence-electron chi connectivity index (χ1n) is 10.7. The third-order valence-electron chi connectivity index (χ3n) is 5.03. The van der Waals surface area contributed by atoms with Crippen LogP contribution in [-0.4, -0.2) is 12.5 Å². The van der Waals surface area contributed by atoms with E-state index < -0.39 is 5.91 Å². The Morgan fingerprint density at radius 3 is 2.54 bits per heavy atom. The monoisotopic (exact) mass is 620 g/mol. The zero-order valence-electron chi connectivity index (χ0n) is 19.4. The number of amides is 1. The summed E-state index contributed by atoms with van der Waals surface area (Å²) in [5.74, 6) is 0.571. The van der Waals surface area contributed by atoms with Crippen LogP contribution < -0.4 is 14.8 Å². The molecule has 35 heavy (non-hydrogen) atoms. The van der Waals surface area contributed by atoms with Crippen molar-refractivity contribution < 1.29 is 14.3 Å². The van der Waals surface area contributed by atoms with Gasteiger partial charge in [0, 0.05) is 21.3 Å². The van der Waals surface area contributed by atoms with Gasteiger partial charge in [-0.2, -0.15) is 5.26 Å². The molecule has 0 spiro atoms. The molecule has 0 saturated heterocycles. The molecule has 0 aliphatic heterocycles. The first-order valence-corrected chi connectivity index (χ1v) is 12.6. The minimum absolute atomic E-state index is 0.0233. The third kappa shape index (κ3) is 7.14. The summed E-state index contributed by atoms with van der Waals surface area (Å²) in [7, 11) is 0. The molecule has 3 aromatic rings. The number of ether oxygens (including phenoxy) is 2. The molecule has 180 valence electrons. The van der Waals surface area contributed by atoms with Gasteiger partial charge in [0.2, 0.25) is 0 Å². The van der Waals surface area contributed by atoms with Gasteiger partial charge in [-0.05, 0) is 90.9 Å². The van der Waals surface area contributed by atoms with Crippen molar-refractivity contribution in [3.63, 3.8) is 0 Å². The Bertz CT molecular complexity index is 1330. The lowest BCUT2D eigenvalue weighted by molar-refractivity contribution is -0.112. The summed E-state index contributed by atoms with van der Waals surface area (Å²) in [5.41, 5.74) is 4.08. The topological polar surface area (TPSA) is 71.3 Å². The van der Waals surface area contributed by atoms with Crippen LogP contribution in [0.1, 0.15) is 29.2 Å². The van der Waals surface area contributed by atoms with Crippen molar-refractivity contribution in [2.75, 3.05) is 11.9 Å². The molecule has 0 atom stereocenters. The Balaban J connectivity index is 1.86. The Hall–Kier alpha value is -2.73. The van der Waals surface area contributed by atoms with Gasteiger partial charge in [-0.3, -0.25) is 4.79 Å². The van der Waals surface area contributed by atoms with Crippen LogP contribution in [0.15, 0.2) is 54.1 Å². The number of nitrogens with one attached hydrogen (secondary N) is 1. The summed E-state index contributed by atoms with van der Waals surface area (Å²) in [6, 6.07) is 16.5. The van der Waals surface area contributed by atoms with Crippen molar-refractivity contribution in [1.29, 1.82) is 5.26 Å². The van der Waals surface area contributed by atoms with Crippen LogP contribution in [0.3, 0.4) is 0 Å². The van der Waals surface area contributed by atoms with Crippen LogP contribution in [0.25, 0.3) is 6.08 Å². The number of halogens is 3. The summed E-state index contributed by atoms with van der Waals surface area (Å²) in [6.07, 6.45) is 1.53. The average molecular weight is 621 g/mol. The van der Waals surface area contributed by atoms with Crippen LogP contribution >= 0.6 is 45.8 Å². The molecular weight excluding hydrogens is 598 g/mol. The highest BCUT2D eigenvalue weighted by Gasteiger charge is 2.16. The molecular formula is C27H23Cl2IN2O3. The number of nitriles is 1. The fraction of sp³-hybridized carbons (Fsp3) is 0.185. The minimum Gasteiger partial charge on any atom is -0.490 e. The second-order valence-corrected chi connectivity index (χ2v) is 9.74. The highest BCUT2D eigenvalue weighted by Crippen LogP contribution is 2.36. The van der Waals surface area contributed by atoms with Crippen LogP contribution in [0.2, 0.25) is 10.0 Å². The van der Waals surface area contributed by atoms with Crippen molar-refractivity contribution >= 4 is 63.5 Å². The van der Waals surface area contributed by atoms with E-state index in [9.17, 15) is 10.1 Å². The lowest BCUT2D eigenvalue weighted by atomic mass is 10.1. The van der Waals surface area contributed by atoms with Crippen LogP contribution in [-0.2, 0) is 11.4 Å². The zero-order valence-corrected chi connectivity index (χ0v) is 23.1. The molecule has 0 aliphatic carbocycles. The van der Waals surface area contributed by atoms with E-state index in [-0.39, 0.29) is 12.2 Å². The normalized spacial score (nSPS) is 11.1. The van der Waals surface area contributed by atoms with E-state index in [1.165, 1.54) is 6.08 Å². The fourth-order valence-corrected chi connectivity index (χ4v) is 4.57. The fourth-order valence-electron chi connectivity index (χ4n) is 3.32. The lowest BCUT2D eigenvalue weighted by Gasteiger charge is -2.15. The number of rotatable bonds is 8. The number of anilines is 1. The van der Waals surface area contributed by atoms with E-state index in [0.717, 1.165) is 20.3 Å². The molecule has 0 unspecified atom stereocenters. The SMILES string of the molecule is CCOc1cc(/C=C(/C#N)C(=O)Nc2ccc(C)cc2C)cc(I)c1OCc1ccc(Cl)cc1Cl. The molecule has 0 aromatic heterocycles. The van der Waals surface area contributed by atoms with Crippen molar-refractivity contribution in [1.82, 2.24) is 0 Å². The molecule has 5 nitrogen and oxygen atoms in total. The molecule has 0 bridgehead atoms. The van der Waals surface area contributed by atoms with Gasteiger partial charge in [-0.1, -0.05) is 47.0 Å². The molecule has 0 radical (unpaired) electrons. The quantitative estimate of drug-likeness (QED) is 0.159. The summed E-state index contributed by atoms with van der Waals surface area (Å²) < 4.78 is 12.6. The summed E-state index contributed by atoms with van der Waals surface area (Å²) in [6.45, 7) is 6.40. The molecule has 1 N–H and O–H groups in total. The maximum atomic E-state index is 12.8. The Labute approximate surface area is 228 Å². The molecule has 0 fully saturated rings.